The van der Waals surface area contributed by atoms with E-state index in [1.165, 1.54) is 16.5 Å². The van der Waals surface area contributed by atoms with Crippen LogP contribution in [-0.4, -0.2) is 11.6 Å². The molecule has 0 amide bonds. The molecule has 1 unspecified atom stereocenters. The predicted octanol–water partition coefficient (Wildman–Crippen LogP) is 4.19. The summed E-state index contributed by atoms with van der Waals surface area (Å²) in [7, 11) is 1.92. The van der Waals surface area contributed by atoms with Crippen molar-refractivity contribution in [3.8, 4) is 0 Å². The Hall–Kier alpha value is -1.96. The van der Waals surface area contributed by atoms with Gasteiger partial charge in [-0.2, -0.15) is 0 Å². The van der Waals surface area contributed by atoms with Crippen LogP contribution in [0.25, 0.3) is 10.9 Å². The number of aromatic nitrogens is 1. The molecule has 0 saturated heterocycles. The SMILES string of the molecule is C=CC(CCC(=C)NC)n1cc(C)c2ccccc21. The molecular weight excluding hydrogens is 232 g/mol. The van der Waals surface area contributed by atoms with Gasteiger partial charge < -0.3 is 9.88 Å². The molecule has 0 fully saturated rings. The lowest BCUT2D eigenvalue weighted by molar-refractivity contribution is 0.565. The monoisotopic (exact) mass is 254 g/mol. The van der Waals surface area contributed by atoms with E-state index in [9.17, 15) is 0 Å². The van der Waals surface area contributed by atoms with Crippen LogP contribution >= 0.6 is 0 Å². The molecule has 0 radical (unpaired) electrons. The number of nitrogens with zero attached hydrogens (tertiary/aromatic N) is 1. The van der Waals surface area contributed by atoms with Crippen LogP contribution in [0.2, 0.25) is 0 Å². The standard InChI is InChI=1S/C17H22N2/c1-5-15(11-10-14(3)18-4)19-12-13(2)16-8-6-7-9-17(16)19/h5-9,12,15,18H,1,3,10-11H2,2,4H3. The lowest BCUT2D eigenvalue weighted by Crippen LogP contribution is -2.09. The van der Waals surface area contributed by atoms with Gasteiger partial charge in [0.15, 0.2) is 0 Å². The van der Waals surface area contributed by atoms with E-state index in [1.54, 1.807) is 0 Å². The molecule has 1 heterocycles. The highest BCUT2D eigenvalue weighted by Gasteiger charge is 2.12. The van der Waals surface area contributed by atoms with E-state index in [2.05, 4.69) is 60.4 Å². The number of benzene rings is 1. The van der Waals surface area contributed by atoms with Crippen molar-refractivity contribution in [2.45, 2.75) is 25.8 Å². The maximum Gasteiger partial charge on any atom is 0.0517 e. The number of aryl methyl sites for hydroxylation is 1. The predicted molar refractivity (Wildman–Crippen MR) is 83.3 cm³/mol. The molecule has 0 bridgehead atoms. The van der Waals surface area contributed by atoms with Crippen LogP contribution in [0.15, 0.2) is 55.4 Å². The summed E-state index contributed by atoms with van der Waals surface area (Å²) in [5.74, 6) is 0. The molecule has 2 heteroatoms. The van der Waals surface area contributed by atoms with Gasteiger partial charge in [-0.25, -0.2) is 0 Å². The Balaban J connectivity index is 2.30. The minimum atomic E-state index is 0.309. The first-order valence-corrected chi connectivity index (χ1v) is 6.71. The number of rotatable bonds is 6. The van der Waals surface area contributed by atoms with Gasteiger partial charge in [0.05, 0.1) is 6.04 Å². The molecule has 2 rings (SSSR count). The van der Waals surface area contributed by atoms with Crippen molar-refractivity contribution in [2.24, 2.45) is 0 Å². The third kappa shape index (κ3) is 2.73. The van der Waals surface area contributed by atoms with Gasteiger partial charge >= 0.3 is 0 Å². The molecule has 1 N–H and O–H groups in total. The molecule has 0 saturated carbocycles. The quantitative estimate of drug-likeness (QED) is 0.765. The van der Waals surface area contributed by atoms with E-state index < -0.39 is 0 Å². The summed E-state index contributed by atoms with van der Waals surface area (Å²) in [5.41, 5.74) is 3.66. The molecule has 0 aliphatic heterocycles. The number of hydrogen-bond donors (Lipinski definition) is 1. The second-order valence-electron chi connectivity index (χ2n) is 4.93. The van der Waals surface area contributed by atoms with Crippen molar-refractivity contribution in [1.29, 1.82) is 0 Å². The van der Waals surface area contributed by atoms with Gasteiger partial charge in [0, 0.05) is 29.8 Å². The average Bonchev–Trinajstić information content (AvgIpc) is 2.77. The van der Waals surface area contributed by atoms with Crippen LogP contribution in [0.5, 0.6) is 0 Å². The molecule has 1 atom stereocenters. The number of para-hydroxylation sites is 1. The summed E-state index contributed by atoms with van der Waals surface area (Å²) >= 11 is 0. The van der Waals surface area contributed by atoms with Gasteiger partial charge in [0.1, 0.15) is 0 Å². The summed E-state index contributed by atoms with van der Waals surface area (Å²) in [6.07, 6.45) is 6.22. The van der Waals surface area contributed by atoms with Gasteiger partial charge in [-0.15, -0.1) is 6.58 Å². The minimum Gasteiger partial charge on any atom is -0.392 e. The second-order valence-corrected chi connectivity index (χ2v) is 4.93. The zero-order chi connectivity index (χ0) is 13.8. The van der Waals surface area contributed by atoms with Crippen molar-refractivity contribution in [1.82, 2.24) is 9.88 Å². The fraction of sp³-hybridized carbons (Fsp3) is 0.294. The lowest BCUT2D eigenvalue weighted by Gasteiger charge is -2.17. The summed E-state index contributed by atoms with van der Waals surface area (Å²) in [6, 6.07) is 8.83. The smallest absolute Gasteiger partial charge is 0.0517 e. The molecule has 0 aliphatic carbocycles. The molecule has 1 aromatic carbocycles. The van der Waals surface area contributed by atoms with Gasteiger partial charge in [0.2, 0.25) is 0 Å². The molecular formula is C17H22N2. The zero-order valence-electron chi connectivity index (χ0n) is 11.8. The topological polar surface area (TPSA) is 17.0 Å². The first kappa shape index (κ1) is 13.5. The number of nitrogens with one attached hydrogen (secondary N) is 1. The first-order valence-electron chi connectivity index (χ1n) is 6.71. The fourth-order valence-corrected chi connectivity index (χ4v) is 2.47. The van der Waals surface area contributed by atoms with Crippen molar-refractivity contribution in [2.75, 3.05) is 7.05 Å². The molecule has 19 heavy (non-hydrogen) atoms. The highest BCUT2D eigenvalue weighted by Crippen LogP contribution is 2.27. The van der Waals surface area contributed by atoms with Crippen LogP contribution in [0, 0.1) is 6.92 Å². The van der Waals surface area contributed by atoms with Gasteiger partial charge in [-0.05, 0) is 31.4 Å². The van der Waals surface area contributed by atoms with E-state index >= 15 is 0 Å². The lowest BCUT2D eigenvalue weighted by atomic mass is 10.1. The Morgan fingerprint density at radius 2 is 2.16 bits per heavy atom. The van der Waals surface area contributed by atoms with E-state index in [-0.39, 0.29) is 0 Å². The van der Waals surface area contributed by atoms with Gasteiger partial charge in [-0.3, -0.25) is 0 Å². The van der Waals surface area contributed by atoms with Crippen LogP contribution in [0.3, 0.4) is 0 Å². The second kappa shape index (κ2) is 5.79. The minimum absolute atomic E-state index is 0.309. The Kier molecular flexibility index (Phi) is 4.10. The largest absolute Gasteiger partial charge is 0.392 e. The Morgan fingerprint density at radius 1 is 1.42 bits per heavy atom. The maximum atomic E-state index is 3.99. The first-order chi connectivity index (χ1) is 9.17. The summed E-state index contributed by atoms with van der Waals surface area (Å²) < 4.78 is 2.32. The zero-order valence-corrected chi connectivity index (χ0v) is 11.8. The van der Waals surface area contributed by atoms with Gasteiger partial charge in [0.25, 0.3) is 0 Å². The Bertz CT molecular complexity index is 592. The summed E-state index contributed by atoms with van der Waals surface area (Å²) in [6.45, 7) is 10.1. The van der Waals surface area contributed by atoms with Crippen LogP contribution in [-0.2, 0) is 0 Å². The van der Waals surface area contributed by atoms with E-state index in [1.807, 2.05) is 13.1 Å². The van der Waals surface area contributed by atoms with Gasteiger partial charge in [-0.1, -0.05) is 30.9 Å². The Morgan fingerprint density at radius 3 is 2.84 bits per heavy atom. The third-order valence-electron chi connectivity index (χ3n) is 3.66. The molecule has 0 spiro atoms. The van der Waals surface area contributed by atoms with Crippen molar-refractivity contribution < 1.29 is 0 Å². The number of fused-ring (bicyclic) bond motifs is 1. The van der Waals surface area contributed by atoms with Crippen LogP contribution in [0.4, 0.5) is 0 Å². The molecule has 1 aromatic heterocycles. The molecule has 2 aromatic rings. The number of allylic oxidation sites excluding steroid dienone is 2. The van der Waals surface area contributed by atoms with Crippen LogP contribution in [0.1, 0.15) is 24.4 Å². The van der Waals surface area contributed by atoms with E-state index in [4.69, 9.17) is 0 Å². The van der Waals surface area contributed by atoms with E-state index in [0.29, 0.717) is 6.04 Å². The number of hydrogen-bond acceptors (Lipinski definition) is 1. The molecule has 2 nitrogen and oxygen atoms in total. The van der Waals surface area contributed by atoms with Crippen molar-refractivity contribution in [3.63, 3.8) is 0 Å². The van der Waals surface area contributed by atoms with E-state index in [0.717, 1.165) is 18.5 Å². The normalized spacial score (nSPS) is 12.3. The summed E-state index contributed by atoms with van der Waals surface area (Å²) in [5, 5.41) is 4.42. The maximum absolute atomic E-state index is 3.99. The third-order valence-corrected chi connectivity index (χ3v) is 3.66. The molecule has 100 valence electrons. The Labute approximate surface area is 115 Å². The van der Waals surface area contributed by atoms with Crippen molar-refractivity contribution in [3.05, 3.63) is 61.0 Å². The molecule has 0 aliphatic rings. The van der Waals surface area contributed by atoms with Crippen LogP contribution < -0.4 is 5.32 Å². The highest BCUT2D eigenvalue weighted by atomic mass is 15.0. The van der Waals surface area contributed by atoms with Crippen molar-refractivity contribution >= 4 is 10.9 Å². The average molecular weight is 254 g/mol. The fourth-order valence-electron chi connectivity index (χ4n) is 2.47. The highest BCUT2D eigenvalue weighted by molar-refractivity contribution is 5.83. The summed E-state index contributed by atoms with van der Waals surface area (Å²) in [4.78, 5) is 0.